The van der Waals surface area contributed by atoms with Crippen LogP contribution in [-0.2, 0) is 6.54 Å². The van der Waals surface area contributed by atoms with Crippen molar-refractivity contribution in [2.75, 3.05) is 6.54 Å². The van der Waals surface area contributed by atoms with Crippen LogP contribution in [0, 0.1) is 12.8 Å². The van der Waals surface area contributed by atoms with Gasteiger partial charge in [0.2, 0.25) is 0 Å². The Morgan fingerprint density at radius 3 is 2.57 bits per heavy atom. The number of aryl methyl sites for hydroxylation is 1. The Kier molecular flexibility index (Phi) is 5.20. The molecule has 0 spiro atoms. The van der Waals surface area contributed by atoms with Gasteiger partial charge in [0.1, 0.15) is 0 Å². The number of hydrogen-bond acceptors (Lipinski definition) is 2. The Balaban J connectivity index is 2.24. The molecule has 2 heteroatoms. The summed E-state index contributed by atoms with van der Waals surface area (Å²) in [4.78, 5) is 1.48. The predicted octanol–water partition coefficient (Wildman–Crippen LogP) is 3.58. The van der Waals surface area contributed by atoms with Gasteiger partial charge in [0.05, 0.1) is 0 Å². The summed E-state index contributed by atoms with van der Waals surface area (Å²) in [6, 6.07) is 2.19. The molecule has 0 aromatic carbocycles. The molecule has 0 radical (unpaired) electrons. The number of rotatable bonds is 6. The third-order valence-electron chi connectivity index (χ3n) is 2.84. The van der Waals surface area contributed by atoms with E-state index in [9.17, 15) is 0 Å². The molecule has 0 unspecified atom stereocenters. The zero-order valence-corrected chi connectivity index (χ0v) is 10.3. The van der Waals surface area contributed by atoms with Crippen LogP contribution < -0.4 is 5.32 Å². The third-order valence-corrected chi connectivity index (χ3v) is 3.86. The Morgan fingerprint density at radius 2 is 2.07 bits per heavy atom. The van der Waals surface area contributed by atoms with Gasteiger partial charge in [-0.15, -0.1) is 11.3 Å². The van der Waals surface area contributed by atoms with Crippen LogP contribution in [-0.4, -0.2) is 6.54 Å². The highest BCUT2D eigenvalue weighted by Crippen LogP contribution is 2.15. The first-order valence-electron chi connectivity index (χ1n) is 5.51. The van der Waals surface area contributed by atoms with Crippen molar-refractivity contribution in [2.45, 2.75) is 40.2 Å². The zero-order chi connectivity index (χ0) is 10.4. The van der Waals surface area contributed by atoms with Gasteiger partial charge in [-0.1, -0.05) is 26.7 Å². The van der Waals surface area contributed by atoms with Crippen LogP contribution in [0.4, 0.5) is 0 Å². The predicted molar refractivity (Wildman–Crippen MR) is 64.8 cm³/mol. The summed E-state index contributed by atoms with van der Waals surface area (Å²) < 4.78 is 0. The quantitative estimate of drug-likeness (QED) is 0.758. The summed E-state index contributed by atoms with van der Waals surface area (Å²) in [6.07, 6.45) is 2.57. The molecule has 0 atom stereocenters. The molecule has 0 bridgehead atoms. The van der Waals surface area contributed by atoms with Gasteiger partial charge >= 0.3 is 0 Å². The van der Waals surface area contributed by atoms with E-state index in [1.54, 1.807) is 0 Å². The fraction of sp³-hybridized carbons (Fsp3) is 0.667. The van der Waals surface area contributed by atoms with Crippen molar-refractivity contribution in [1.82, 2.24) is 5.32 Å². The largest absolute Gasteiger partial charge is 0.312 e. The summed E-state index contributed by atoms with van der Waals surface area (Å²) in [5.41, 5.74) is 1.42. The molecule has 1 N–H and O–H groups in total. The number of nitrogens with one attached hydrogen (secondary N) is 1. The average Bonchev–Trinajstić information content (AvgIpc) is 2.59. The fourth-order valence-electron chi connectivity index (χ4n) is 1.55. The first-order chi connectivity index (χ1) is 6.77. The molecule has 0 aliphatic heterocycles. The highest BCUT2D eigenvalue weighted by molar-refractivity contribution is 7.10. The third kappa shape index (κ3) is 3.43. The molecule has 1 aromatic rings. The van der Waals surface area contributed by atoms with E-state index in [0.717, 1.165) is 19.0 Å². The Hall–Kier alpha value is -0.340. The Bertz CT molecular complexity index is 251. The Morgan fingerprint density at radius 1 is 1.36 bits per heavy atom. The maximum Gasteiger partial charge on any atom is 0.0302 e. The lowest BCUT2D eigenvalue weighted by molar-refractivity contribution is 0.450. The van der Waals surface area contributed by atoms with Crippen molar-refractivity contribution < 1.29 is 0 Å². The van der Waals surface area contributed by atoms with E-state index >= 15 is 0 Å². The molecule has 1 aromatic heterocycles. The molecule has 0 amide bonds. The van der Waals surface area contributed by atoms with Crippen molar-refractivity contribution in [3.8, 4) is 0 Å². The first kappa shape index (κ1) is 11.7. The highest BCUT2D eigenvalue weighted by atomic mass is 32.1. The topological polar surface area (TPSA) is 12.0 Å². The van der Waals surface area contributed by atoms with Crippen molar-refractivity contribution in [1.29, 1.82) is 0 Å². The van der Waals surface area contributed by atoms with E-state index in [1.165, 1.54) is 23.3 Å². The molecule has 1 nitrogen and oxygen atoms in total. The lowest BCUT2D eigenvalue weighted by Gasteiger charge is -2.12. The van der Waals surface area contributed by atoms with Gasteiger partial charge in [-0.25, -0.2) is 0 Å². The molecule has 1 rings (SSSR count). The molecule has 0 aliphatic rings. The molecule has 1 heterocycles. The van der Waals surface area contributed by atoms with Gasteiger partial charge in [-0.05, 0) is 36.4 Å². The summed E-state index contributed by atoms with van der Waals surface area (Å²) in [6.45, 7) is 8.92. The lowest BCUT2D eigenvalue weighted by Crippen LogP contribution is -2.21. The van der Waals surface area contributed by atoms with Gasteiger partial charge in [0.15, 0.2) is 0 Å². The van der Waals surface area contributed by atoms with Crippen LogP contribution in [0.25, 0.3) is 0 Å². The second-order valence-electron chi connectivity index (χ2n) is 3.84. The normalized spacial score (nSPS) is 11.1. The van der Waals surface area contributed by atoms with Crippen LogP contribution >= 0.6 is 11.3 Å². The van der Waals surface area contributed by atoms with E-state index in [1.807, 2.05) is 11.3 Å². The molecule has 0 saturated carbocycles. The van der Waals surface area contributed by atoms with Gasteiger partial charge in [0, 0.05) is 11.4 Å². The minimum absolute atomic E-state index is 0.843. The van der Waals surface area contributed by atoms with E-state index in [0.29, 0.717) is 0 Å². The van der Waals surface area contributed by atoms with E-state index in [2.05, 4.69) is 37.5 Å². The van der Waals surface area contributed by atoms with Gasteiger partial charge in [0.25, 0.3) is 0 Å². The summed E-state index contributed by atoms with van der Waals surface area (Å²) >= 11 is 1.85. The minimum Gasteiger partial charge on any atom is -0.312 e. The van der Waals surface area contributed by atoms with Gasteiger partial charge < -0.3 is 5.32 Å². The molecule has 0 saturated heterocycles. The van der Waals surface area contributed by atoms with E-state index in [-0.39, 0.29) is 0 Å². The van der Waals surface area contributed by atoms with Crippen LogP contribution in [0.1, 0.15) is 37.1 Å². The fourth-order valence-corrected chi connectivity index (χ4v) is 2.43. The standard InChI is InChI=1S/C12H21NS/c1-4-11(5-2)8-13-9-12-10(3)6-7-14-12/h6-7,11,13H,4-5,8-9H2,1-3H3. The number of hydrogen-bond donors (Lipinski definition) is 1. The second kappa shape index (κ2) is 6.20. The molecule has 0 fully saturated rings. The summed E-state index contributed by atoms with van der Waals surface area (Å²) in [5.74, 6) is 0.843. The van der Waals surface area contributed by atoms with Crippen LogP contribution in [0.15, 0.2) is 11.4 Å². The molecular weight excluding hydrogens is 190 g/mol. The maximum absolute atomic E-state index is 3.54. The minimum atomic E-state index is 0.843. The van der Waals surface area contributed by atoms with Crippen molar-refractivity contribution >= 4 is 11.3 Å². The van der Waals surface area contributed by atoms with Gasteiger partial charge in [-0.2, -0.15) is 0 Å². The summed E-state index contributed by atoms with van der Waals surface area (Å²) in [5, 5.41) is 5.71. The monoisotopic (exact) mass is 211 g/mol. The summed E-state index contributed by atoms with van der Waals surface area (Å²) in [7, 11) is 0. The molecular formula is C12H21NS. The Labute approximate surface area is 91.5 Å². The zero-order valence-electron chi connectivity index (χ0n) is 9.47. The van der Waals surface area contributed by atoms with Crippen LogP contribution in [0.3, 0.4) is 0 Å². The van der Waals surface area contributed by atoms with Gasteiger partial charge in [-0.3, -0.25) is 0 Å². The van der Waals surface area contributed by atoms with E-state index in [4.69, 9.17) is 0 Å². The van der Waals surface area contributed by atoms with Crippen LogP contribution in [0.2, 0.25) is 0 Å². The van der Waals surface area contributed by atoms with Crippen molar-refractivity contribution in [3.63, 3.8) is 0 Å². The molecule has 0 aliphatic carbocycles. The second-order valence-corrected chi connectivity index (χ2v) is 4.84. The lowest BCUT2D eigenvalue weighted by atomic mass is 10.0. The highest BCUT2D eigenvalue weighted by Gasteiger charge is 2.03. The van der Waals surface area contributed by atoms with Crippen molar-refractivity contribution in [2.24, 2.45) is 5.92 Å². The SMILES string of the molecule is CCC(CC)CNCc1sccc1C. The van der Waals surface area contributed by atoms with Crippen molar-refractivity contribution in [3.05, 3.63) is 21.9 Å². The first-order valence-corrected chi connectivity index (χ1v) is 6.39. The molecule has 14 heavy (non-hydrogen) atoms. The van der Waals surface area contributed by atoms with Crippen LogP contribution in [0.5, 0.6) is 0 Å². The average molecular weight is 211 g/mol. The van der Waals surface area contributed by atoms with E-state index < -0.39 is 0 Å². The maximum atomic E-state index is 3.54. The number of thiophene rings is 1. The smallest absolute Gasteiger partial charge is 0.0302 e. The molecule has 80 valence electrons.